The molecule has 0 amide bonds. The highest BCUT2D eigenvalue weighted by Crippen LogP contribution is 2.20. The van der Waals surface area contributed by atoms with Crippen LogP contribution >= 0.6 is 0 Å². The smallest absolute Gasteiger partial charge is 0.326 e. The molecule has 1 rings (SSSR count). The Morgan fingerprint density at radius 2 is 1.79 bits per heavy atom. The minimum absolute atomic E-state index is 0.224. The number of methoxy groups -OCH3 is 3. The first-order valence-corrected chi connectivity index (χ1v) is 6.02. The molecule has 106 valence electrons. The van der Waals surface area contributed by atoms with Crippen LogP contribution in [0.3, 0.4) is 0 Å². The lowest BCUT2D eigenvalue weighted by Crippen LogP contribution is -2.53. The van der Waals surface area contributed by atoms with E-state index >= 15 is 0 Å². The molecule has 1 atom stereocenters. The first-order valence-electron chi connectivity index (χ1n) is 6.02. The summed E-state index contributed by atoms with van der Waals surface area (Å²) < 4.78 is 15.0. The number of esters is 1. The van der Waals surface area contributed by atoms with Gasteiger partial charge >= 0.3 is 5.97 Å². The number of hydrogen-bond donors (Lipinski definition) is 1. The molecule has 5 nitrogen and oxygen atoms in total. The maximum Gasteiger partial charge on any atom is 0.326 e. The van der Waals surface area contributed by atoms with E-state index in [1.165, 1.54) is 21.3 Å². The van der Waals surface area contributed by atoms with E-state index in [2.05, 4.69) is 0 Å². The Balaban J connectivity index is 2.89. The third kappa shape index (κ3) is 4.31. The van der Waals surface area contributed by atoms with Gasteiger partial charge in [0.15, 0.2) is 6.29 Å². The van der Waals surface area contributed by atoms with Crippen LogP contribution in [0, 0.1) is 0 Å². The van der Waals surface area contributed by atoms with Crippen molar-refractivity contribution in [3.63, 3.8) is 0 Å². The maximum absolute atomic E-state index is 11.9. The van der Waals surface area contributed by atoms with Crippen LogP contribution in [0.1, 0.15) is 12.0 Å². The van der Waals surface area contributed by atoms with Crippen molar-refractivity contribution in [2.24, 2.45) is 5.73 Å². The molecule has 0 aromatic heterocycles. The molecule has 0 saturated carbocycles. The average Bonchev–Trinajstić information content (AvgIpc) is 2.44. The molecule has 0 radical (unpaired) electrons. The topological polar surface area (TPSA) is 70.8 Å². The first-order chi connectivity index (χ1) is 9.05. The summed E-state index contributed by atoms with van der Waals surface area (Å²) in [7, 11) is 4.34. The Kier molecular flexibility index (Phi) is 5.95. The monoisotopic (exact) mass is 267 g/mol. The van der Waals surface area contributed by atoms with Crippen LogP contribution in [-0.2, 0) is 25.4 Å². The minimum Gasteiger partial charge on any atom is -0.468 e. The van der Waals surface area contributed by atoms with Crippen molar-refractivity contribution in [1.29, 1.82) is 0 Å². The zero-order valence-corrected chi connectivity index (χ0v) is 11.6. The summed E-state index contributed by atoms with van der Waals surface area (Å²) in [4.78, 5) is 11.9. The van der Waals surface area contributed by atoms with Crippen molar-refractivity contribution >= 4 is 5.97 Å². The largest absolute Gasteiger partial charge is 0.468 e. The van der Waals surface area contributed by atoms with Crippen molar-refractivity contribution in [3.05, 3.63) is 35.9 Å². The second kappa shape index (κ2) is 7.23. The van der Waals surface area contributed by atoms with Crippen LogP contribution < -0.4 is 5.73 Å². The van der Waals surface area contributed by atoms with Crippen LogP contribution in [0.5, 0.6) is 0 Å². The molecule has 0 aliphatic rings. The van der Waals surface area contributed by atoms with E-state index in [4.69, 9.17) is 19.9 Å². The van der Waals surface area contributed by atoms with E-state index in [0.717, 1.165) is 5.56 Å². The number of carbonyl (C=O) groups excluding carboxylic acids is 1. The molecular formula is C14H21NO4. The average molecular weight is 267 g/mol. The number of carbonyl (C=O) groups is 1. The van der Waals surface area contributed by atoms with E-state index in [1.807, 2.05) is 30.3 Å². The summed E-state index contributed by atoms with van der Waals surface area (Å²) >= 11 is 0. The zero-order chi connectivity index (χ0) is 14.3. The van der Waals surface area contributed by atoms with Gasteiger partial charge < -0.3 is 19.9 Å². The van der Waals surface area contributed by atoms with Gasteiger partial charge in [-0.1, -0.05) is 30.3 Å². The molecule has 0 fully saturated rings. The molecule has 5 heteroatoms. The molecular weight excluding hydrogens is 246 g/mol. The maximum atomic E-state index is 11.9. The number of benzene rings is 1. The van der Waals surface area contributed by atoms with E-state index in [-0.39, 0.29) is 6.42 Å². The molecule has 0 saturated heterocycles. The summed E-state index contributed by atoms with van der Waals surface area (Å²) in [6, 6.07) is 9.54. The van der Waals surface area contributed by atoms with Crippen LogP contribution in [0.2, 0.25) is 0 Å². The molecule has 0 unspecified atom stereocenters. The highest BCUT2D eigenvalue weighted by atomic mass is 16.7. The van der Waals surface area contributed by atoms with E-state index in [1.54, 1.807) is 0 Å². The Hall–Kier alpha value is -1.43. The molecule has 1 aromatic carbocycles. The number of hydrogen-bond acceptors (Lipinski definition) is 5. The summed E-state index contributed by atoms with van der Waals surface area (Å²) in [6.07, 6.45) is 0.0403. The Bertz CT molecular complexity index is 392. The van der Waals surface area contributed by atoms with Gasteiger partial charge in [-0.2, -0.15) is 0 Å². The van der Waals surface area contributed by atoms with Crippen molar-refractivity contribution < 1.29 is 19.0 Å². The Morgan fingerprint density at radius 1 is 1.21 bits per heavy atom. The van der Waals surface area contributed by atoms with Crippen molar-refractivity contribution in [3.8, 4) is 0 Å². The van der Waals surface area contributed by atoms with Gasteiger partial charge in [-0.15, -0.1) is 0 Å². The Morgan fingerprint density at radius 3 is 2.26 bits per heavy atom. The summed E-state index contributed by atoms with van der Waals surface area (Å²) in [5, 5.41) is 0. The lowest BCUT2D eigenvalue weighted by molar-refractivity contribution is -0.156. The second-order valence-corrected chi connectivity index (χ2v) is 4.42. The van der Waals surface area contributed by atoms with E-state index in [9.17, 15) is 4.79 Å². The van der Waals surface area contributed by atoms with Crippen molar-refractivity contribution in [1.82, 2.24) is 0 Å². The normalized spacial score (nSPS) is 14.2. The van der Waals surface area contributed by atoms with Crippen LogP contribution in [-0.4, -0.2) is 39.1 Å². The zero-order valence-electron chi connectivity index (χ0n) is 11.6. The van der Waals surface area contributed by atoms with Gasteiger partial charge in [-0.25, -0.2) is 0 Å². The molecule has 0 bridgehead atoms. The van der Waals surface area contributed by atoms with Crippen molar-refractivity contribution in [2.75, 3.05) is 21.3 Å². The highest BCUT2D eigenvalue weighted by Gasteiger charge is 2.38. The SMILES string of the molecule is COC(=O)[C@@](N)(Cc1ccccc1)CC(OC)OC. The summed E-state index contributed by atoms with van der Waals surface area (Å²) in [5.41, 5.74) is 5.99. The van der Waals surface area contributed by atoms with Gasteiger partial charge in [-0.05, 0) is 5.56 Å². The quantitative estimate of drug-likeness (QED) is 0.592. The van der Waals surface area contributed by atoms with Gasteiger partial charge in [0.25, 0.3) is 0 Å². The van der Waals surface area contributed by atoms with Gasteiger partial charge in [0, 0.05) is 27.1 Å². The number of nitrogens with two attached hydrogens (primary N) is 1. The van der Waals surface area contributed by atoms with Gasteiger partial charge in [0.2, 0.25) is 0 Å². The predicted octanol–water partition coefficient (Wildman–Crippen LogP) is 1.11. The Labute approximate surface area is 113 Å². The standard InChI is InChI=1S/C14H21NO4/c1-17-12(18-2)10-14(15,13(16)19-3)9-11-7-5-4-6-8-11/h4-8,12H,9-10,15H2,1-3H3/t14-/m1/s1. The molecule has 19 heavy (non-hydrogen) atoms. The highest BCUT2D eigenvalue weighted by molar-refractivity contribution is 5.81. The summed E-state index contributed by atoms with van der Waals surface area (Å²) in [5.74, 6) is -0.476. The molecule has 1 aromatic rings. The van der Waals surface area contributed by atoms with Crippen LogP contribution in [0.4, 0.5) is 0 Å². The molecule has 2 N–H and O–H groups in total. The minimum atomic E-state index is -1.17. The van der Waals surface area contributed by atoms with Gasteiger partial charge in [0.1, 0.15) is 5.54 Å². The molecule has 0 aliphatic carbocycles. The van der Waals surface area contributed by atoms with Gasteiger partial charge in [-0.3, -0.25) is 4.79 Å². The van der Waals surface area contributed by atoms with E-state index in [0.29, 0.717) is 6.42 Å². The summed E-state index contributed by atoms with van der Waals surface area (Å²) in [6.45, 7) is 0. The number of ether oxygens (including phenoxy) is 3. The third-order valence-electron chi connectivity index (χ3n) is 3.01. The van der Waals surface area contributed by atoms with Crippen molar-refractivity contribution in [2.45, 2.75) is 24.7 Å². The fourth-order valence-electron chi connectivity index (χ4n) is 1.95. The van der Waals surface area contributed by atoms with Crippen LogP contribution in [0.15, 0.2) is 30.3 Å². The fourth-order valence-corrected chi connectivity index (χ4v) is 1.95. The lowest BCUT2D eigenvalue weighted by Gasteiger charge is -2.29. The van der Waals surface area contributed by atoms with E-state index < -0.39 is 17.8 Å². The van der Waals surface area contributed by atoms with Crippen LogP contribution in [0.25, 0.3) is 0 Å². The number of rotatable bonds is 7. The molecule has 0 aliphatic heterocycles. The lowest BCUT2D eigenvalue weighted by atomic mass is 9.88. The third-order valence-corrected chi connectivity index (χ3v) is 3.01. The predicted molar refractivity (Wildman–Crippen MR) is 71.5 cm³/mol. The second-order valence-electron chi connectivity index (χ2n) is 4.42. The first kappa shape index (κ1) is 15.6. The fraction of sp³-hybridized carbons (Fsp3) is 0.500. The molecule has 0 heterocycles. The van der Waals surface area contributed by atoms with Gasteiger partial charge in [0.05, 0.1) is 7.11 Å². The molecule has 0 spiro atoms.